The summed E-state index contributed by atoms with van der Waals surface area (Å²) in [6.45, 7) is 4.43. The quantitative estimate of drug-likeness (QED) is 0.729. The molecule has 1 aliphatic heterocycles. The van der Waals surface area contributed by atoms with Crippen molar-refractivity contribution >= 4 is 21.7 Å². The minimum absolute atomic E-state index is 0.0521. The van der Waals surface area contributed by atoms with Gasteiger partial charge in [-0.05, 0) is 26.0 Å². The lowest BCUT2D eigenvalue weighted by atomic mass is 10.2. The molecule has 1 aromatic carbocycles. The van der Waals surface area contributed by atoms with Crippen LogP contribution in [0.4, 0.5) is 0 Å². The van der Waals surface area contributed by atoms with Crippen LogP contribution in [0.1, 0.15) is 24.2 Å². The molecule has 1 aliphatic rings. The minimum atomic E-state index is -3.79. The van der Waals surface area contributed by atoms with E-state index in [0.29, 0.717) is 25.3 Å². The van der Waals surface area contributed by atoms with Gasteiger partial charge in [-0.2, -0.15) is 4.31 Å². The van der Waals surface area contributed by atoms with Crippen LogP contribution in [-0.2, 0) is 19.6 Å². The molecule has 7 nitrogen and oxygen atoms in total. The summed E-state index contributed by atoms with van der Waals surface area (Å²) in [4.78, 5) is 25.2. The fraction of sp³-hybridized carbons (Fsp3) is 0.500. The zero-order valence-corrected chi connectivity index (χ0v) is 14.9. The number of amides is 1. The van der Waals surface area contributed by atoms with Crippen molar-refractivity contribution in [2.45, 2.75) is 24.8 Å². The number of likely N-dealkylation sites (N-methyl/N-ethyl adjacent to an activating group) is 1. The largest absolute Gasteiger partial charge is 0.375 e. The number of ether oxygens (including phenoxy) is 1. The van der Waals surface area contributed by atoms with Crippen molar-refractivity contribution < 1.29 is 22.7 Å². The zero-order valence-electron chi connectivity index (χ0n) is 14.1. The Morgan fingerprint density at radius 2 is 1.92 bits per heavy atom. The van der Waals surface area contributed by atoms with Gasteiger partial charge in [0, 0.05) is 25.7 Å². The van der Waals surface area contributed by atoms with Crippen molar-refractivity contribution in [1.82, 2.24) is 9.21 Å². The maximum absolute atomic E-state index is 12.5. The second kappa shape index (κ2) is 7.42. The Hall–Kier alpha value is -1.77. The van der Waals surface area contributed by atoms with E-state index >= 15 is 0 Å². The SMILES string of the molecule is CC(=O)c1ccc(S(=O)(=O)N(C)CC(=O)N2CCOC(C)C2)cc1. The zero-order chi connectivity index (χ0) is 17.9. The van der Waals surface area contributed by atoms with Crippen LogP contribution in [-0.4, -0.2) is 68.7 Å². The van der Waals surface area contributed by atoms with Gasteiger partial charge in [-0.3, -0.25) is 9.59 Å². The lowest BCUT2D eigenvalue weighted by molar-refractivity contribution is -0.138. The molecule has 1 heterocycles. The van der Waals surface area contributed by atoms with Crippen molar-refractivity contribution in [3.05, 3.63) is 29.8 Å². The van der Waals surface area contributed by atoms with E-state index in [1.165, 1.54) is 38.2 Å². The van der Waals surface area contributed by atoms with Crippen molar-refractivity contribution in [1.29, 1.82) is 0 Å². The monoisotopic (exact) mass is 354 g/mol. The van der Waals surface area contributed by atoms with Crippen LogP contribution in [0.25, 0.3) is 0 Å². The van der Waals surface area contributed by atoms with E-state index in [1.54, 1.807) is 4.90 Å². The van der Waals surface area contributed by atoms with Gasteiger partial charge in [-0.25, -0.2) is 8.42 Å². The lowest BCUT2D eigenvalue weighted by Gasteiger charge is -2.32. The van der Waals surface area contributed by atoms with Crippen LogP contribution in [0.5, 0.6) is 0 Å². The van der Waals surface area contributed by atoms with E-state index < -0.39 is 10.0 Å². The molecule has 1 unspecified atom stereocenters. The summed E-state index contributed by atoms with van der Waals surface area (Å²) < 4.78 is 31.5. The Bertz CT molecular complexity index is 714. The second-order valence-electron chi connectivity index (χ2n) is 5.86. The predicted octanol–water partition coefficient (Wildman–Crippen LogP) is 0.757. The van der Waals surface area contributed by atoms with E-state index in [4.69, 9.17) is 4.74 Å². The Labute approximate surface area is 142 Å². The normalized spacial score (nSPS) is 18.7. The number of ketones is 1. The average Bonchev–Trinajstić information content (AvgIpc) is 2.54. The highest BCUT2D eigenvalue weighted by Crippen LogP contribution is 2.16. The van der Waals surface area contributed by atoms with Gasteiger partial charge in [0.1, 0.15) is 0 Å². The smallest absolute Gasteiger partial charge is 0.243 e. The van der Waals surface area contributed by atoms with E-state index in [9.17, 15) is 18.0 Å². The highest BCUT2D eigenvalue weighted by Gasteiger charge is 2.27. The maximum atomic E-state index is 12.5. The number of carbonyl (C=O) groups excluding carboxylic acids is 2. The number of benzene rings is 1. The molecule has 24 heavy (non-hydrogen) atoms. The highest BCUT2D eigenvalue weighted by molar-refractivity contribution is 7.89. The first kappa shape index (κ1) is 18.6. The number of sulfonamides is 1. The van der Waals surface area contributed by atoms with Gasteiger partial charge >= 0.3 is 0 Å². The standard InChI is InChI=1S/C16H22N2O5S/c1-12-10-18(8-9-23-12)16(20)11-17(3)24(21,22)15-6-4-14(5-7-15)13(2)19/h4-7,12H,8-11H2,1-3H3. The van der Waals surface area contributed by atoms with Gasteiger partial charge in [-0.15, -0.1) is 0 Å². The first-order valence-electron chi connectivity index (χ1n) is 7.68. The molecule has 0 N–H and O–H groups in total. The molecule has 2 rings (SSSR count). The average molecular weight is 354 g/mol. The van der Waals surface area contributed by atoms with E-state index in [2.05, 4.69) is 0 Å². The molecule has 0 aromatic heterocycles. The summed E-state index contributed by atoms with van der Waals surface area (Å²) in [6.07, 6.45) is -0.0521. The Balaban J connectivity index is 2.08. The number of Topliss-reactive ketones (excluding diaryl/α,β-unsaturated/α-hetero) is 1. The number of carbonyl (C=O) groups is 2. The summed E-state index contributed by atoms with van der Waals surface area (Å²) >= 11 is 0. The number of hydrogen-bond donors (Lipinski definition) is 0. The molecular formula is C16H22N2O5S. The topological polar surface area (TPSA) is 84.0 Å². The highest BCUT2D eigenvalue weighted by atomic mass is 32.2. The Kier molecular flexibility index (Phi) is 5.74. The van der Waals surface area contributed by atoms with Crippen LogP contribution in [0.2, 0.25) is 0 Å². The van der Waals surface area contributed by atoms with Crippen LogP contribution in [0.15, 0.2) is 29.2 Å². The molecule has 0 spiro atoms. The van der Waals surface area contributed by atoms with Gasteiger partial charge < -0.3 is 9.64 Å². The number of nitrogens with zero attached hydrogens (tertiary/aromatic N) is 2. The lowest BCUT2D eigenvalue weighted by Crippen LogP contribution is -2.48. The third-order valence-corrected chi connectivity index (χ3v) is 5.74. The van der Waals surface area contributed by atoms with Crippen molar-refractivity contribution in [3.63, 3.8) is 0 Å². The maximum Gasteiger partial charge on any atom is 0.243 e. The van der Waals surface area contributed by atoms with Gasteiger partial charge in [0.05, 0.1) is 24.2 Å². The fourth-order valence-electron chi connectivity index (χ4n) is 2.46. The van der Waals surface area contributed by atoms with E-state index in [0.717, 1.165) is 4.31 Å². The molecule has 0 saturated carbocycles. The van der Waals surface area contributed by atoms with Crippen LogP contribution in [0.3, 0.4) is 0 Å². The second-order valence-corrected chi connectivity index (χ2v) is 7.91. The van der Waals surface area contributed by atoms with Gasteiger partial charge in [0.25, 0.3) is 0 Å². The van der Waals surface area contributed by atoms with Gasteiger partial charge in [0.15, 0.2) is 5.78 Å². The number of rotatable bonds is 5. The first-order chi connectivity index (χ1) is 11.2. The molecule has 0 radical (unpaired) electrons. The molecule has 1 amide bonds. The molecular weight excluding hydrogens is 332 g/mol. The Morgan fingerprint density at radius 1 is 1.29 bits per heavy atom. The number of morpholine rings is 1. The predicted molar refractivity (Wildman–Crippen MR) is 88.3 cm³/mol. The molecule has 1 saturated heterocycles. The van der Waals surface area contributed by atoms with Crippen LogP contribution in [0, 0.1) is 0 Å². The Morgan fingerprint density at radius 3 is 2.46 bits per heavy atom. The fourth-order valence-corrected chi connectivity index (χ4v) is 3.58. The molecule has 1 aromatic rings. The molecule has 132 valence electrons. The summed E-state index contributed by atoms with van der Waals surface area (Å²) in [6, 6.07) is 5.69. The summed E-state index contributed by atoms with van der Waals surface area (Å²) in [5, 5.41) is 0. The minimum Gasteiger partial charge on any atom is -0.375 e. The third-order valence-electron chi connectivity index (χ3n) is 3.92. The van der Waals surface area contributed by atoms with Gasteiger partial charge in [0.2, 0.25) is 15.9 Å². The molecule has 1 fully saturated rings. The molecule has 0 bridgehead atoms. The summed E-state index contributed by atoms with van der Waals surface area (Å²) in [7, 11) is -2.41. The summed E-state index contributed by atoms with van der Waals surface area (Å²) in [5.74, 6) is -0.388. The molecule has 0 aliphatic carbocycles. The van der Waals surface area contributed by atoms with E-state index in [1.807, 2.05) is 6.92 Å². The van der Waals surface area contributed by atoms with Gasteiger partial charge in [-0.1, -0.05) is 12.1 Å². The van der Waals surface area contributed by atoms with E-state index in [-0.39, 0.29) is 29.2 Å². The third kappa shape index (κ3) is 4.19. The molecule has 1 atom stereocenters. The number of hydrogen-bond acceptors (Lipinski definition) is 5. The summed E-state index contributed by atoms with van der Waals surface area (Å²) in [5.41, 5.74) is 0.440. The van der Waals surface area contributed by atoms with Crippen LogP contribution < -0.4 is 0 Å². The van der Waals surface area contributed by atoms with Crippen molar-refractivity contribution in [2.24, 2.45) is 0 Å². The van der Waals surface area contributed by atoms with Crippen molar-refractivity contribution in [3.8, 4) is 0 Å². The van der Waals surface area contributed by atoms with Crippen molar-refractivity contribution in [2.75, 3.05) is 33.3 Å². The first-order valence-corrected chi connectivity index (χ1v) is 9.12. The molecule has 8 heteroatoms. The van der Waals surface area contributed by atoms with Crippen LogP contribution >= 0.6 is 0 Å².